The minimum Gasteiger partial charge on any atom is -0.0654 e. The SMILES string of the molecule is CC(C)C.CC(C)c1ccccc1.CCCC. The lowest BCUT2D eigenvalue weighted by Crippen LogP contribution is -1.83. The fourth-order valence-corrected chi connectivity index (χ4v) is 0.838. The van der Waals surface area contributed by atoms with Crippen molar-refractivity contribution in [1.82, 2.24) is 0 Å². The molecule has 0 aliphatic carbocycles. The minimum absolute atomic E-state index is 0.659. The van der Waals surface area contributed by atoms with Crippen LogP contribution in [0.15, 0.2) is 30.3 Å². The summed E-state index contributed by atoms with van der Waals surface area (Å²) in [4.78, 5) is 0. The van der Waals surface area contributed by atoms with Crippen LogP contribution in [-0.4, -0.2) is 0 Å². The van der Waals surface area contributed by atoms with Gasteiger partial charge in [0.25, 0.3) is 0 Å². The van der Waals surface area contributed by atoms with E-state index in [9.17, 15) is 0 Å². The maximum absolute atomic E-state index is 2.20. The quantitative estimate of drug-likeness (QED) is 0.567. The van der Waals surface area contributed by atoms with Gasteiger partial charge in [-0.3, -0.25) is 0 Å². The molecule has 0 aromatic heterocycles. The number of hydrogen-bond acceptors (Lipinski definition) is 0. The van der Waals surface area contributed by atoms with E-state index >= 15 is 0 Å². The first-order chi connectivity index (χ1) is 7.95. The van der Waals surface area contributed by atoms with Gasteiger partial charge in [-0.1, -0.05) is 91.6 Å². The summed E-state index contributed by atoms with van der Waals surface area (Å²) in [6.07, 6.45) is 2.64. The van der Waals surface area contributed by atoms with Gasteiger partial charge in [-0.05, 0) is 17.4 Å². The van der Waals surface area contributed by atoms with Crippen LogP contribution in [0.1, 0.15) is 72.8 Å². The summed E-state index contributed by atoms with van der Waals surface area (Å²) in [5.74, 6) is 1.49. The highest BCUT2D eigenvalue weighted by Gasteiger charge is 1.93. The molecule has 100 valence electrons. The van der Waals surface area contributed by atoms with Crippen LogP contribution in [0.3, 0.4) is 0 Å². The summed E-state index contributed by atoms with van der Waals surface area (Å²) in [5.41, 5.74) is 1.41. The van der Waals surface area contributed by atoms with E-state index in [1.54, 1.807) is 0 Å². The normalized spacial score (nSPS) is 9.24. The fourth-order valence-electron chi connectivity index (χ4n) is 0.838. The third-order valence-electron chi connectivity index (χ3n) is 1.97. The molecule has 0 spiro atoms. The van der Waals surface area contributed by atoms with Crippen LogP contribution in [0.2, 0.25) is 0 Å². The van der Waals surface area contributed by atoms with Crippen LogP contribution in [-0.2, 0) is 0 Å². The number of hydrogen-bond donors (Lipinski definition) is 0. The second kappa shape index (κ2) is 13.3. The van der Waals surface area contributed by atoms with Crippen molar-refractivity contribution in [2.45, 2.75) is 67.2 Å². The van der Waals surface area contributed by atoms with Crippen molar-refractivity contribution in [3.05, 3.63) is 35.9 Å². The van der Waals surface area contributed by atoms with Crippen LogP contribution in [0, 0.1) is 5.92 Å². The molecule has 0 fully saturated rings. The Labute approximate surface area is 109 Å². The standard InChI is InChI=1S/C9H12.2C4H10/c1-8(2)9-6-4-3-5-7-9;1-4(2)3;1-3-4-2/h3-8H,1-2H3;4H,1-3H3;3-4H2,1-2H3. The topological polar surface area (TPSA) is 0 Å². The summed E-state index contributed by atoms with van der Waals surface area (Å²) >= 11 is 0. The third-order valence-corrected chi connectivity index (χ3v) is 1.97. The lowest BCUT2D eigenvalue weighted by Gasteiger charge is -2.01. The Balaban J connectivity index is 0. The van der Waals surface area contributed by atoms with Crippen molar-refractivity contribution >= 4 is 0 Å². The zero-order chi connectivity index (χ0) is 13.7. The van der Waals surface area contributed by atoms with Gasteiger partial charge in [-0.15, -0.1) is 0 Å². The van der Waals surface area contributed by atoms with Gasteiger partial charge in [-0.25, -0.2) is 0 Å². The largest absolute Gasteiger partial charge is 0.0654 e. The summed E-state index contributed by atoms with van der Waals surface area (Å²) in [5, 5.41) is 0. The molecule has 0 aliphatic heterocycles. The maximum atomic E-state index is 2.20. The predicted octanol–water partition coefficient (Wildman–Crippen LogP) is 6.28. The van der Waals surface area contributed by atoms with E-state index < -0.39 is 0 Å². The number of unbranched alkanes of at least 4 members (excludes halogenated alkanes) is 1. The molecule has 0 unspecified atom stereocenters. The molecule has 0 N–H and O–H groups in total. The van der Waals surface area contributed by atoms with Gasteiger partial charge in [0.2, 0.25) is 0 Å². The van der Waals surface area contributed by atoms with Crippen molar-refractivity contribution < 1.29 is 0 Å². The van der Waals surface area contributed by atoms with Crippen molar-refractivity contribution in [3.8, 4) is 0 Å². The van der Waals surface area contributed by atoms with E-state index in [-0.39, 0.29) is 0 Å². The summed E-state index contributed by atoms with van der Waals surface area (Å²) in [6, 6.07) is 10.5. The molecule has 0 saturated carbocycles. The summed E-state index contributed by atoms with van der Waals surface area (Å²) in [7, 11) is 0. The van der Waals surface area contributed by atoms with E-state index in [0.29, 0.717) is 5.92 Å². The molecular weight excluding hydrogens is 204 g/mol. The van der Waals surface area contributed by atoms with Gasteiger partial charge in [0, 0.05) is 0 Å². The number of rotatable bonds is 2. The molecule has 0 nitrogen and oxygen atoms in total. The molecular formula is C17H32. The Hall–Kier alpha value is -0.780. The highest BCUT2D eigenvalue weighted by Crippen LogP contribution is 2.11. The van der Waals surface area contributed by atoms with Crippen LogP contribution >= 0.6 is 0 Å². The van der Waals surface area contributed by atoms with E-state index in [4.69, 9.17) is 0 Å². The van der Waals surface area contributed by atoms with Crippen LogP contribution in [0.5, 0.6) is 0 Å². The van der Waals surface area contributed by atoms with Crippen molar-refractivity contribution in [2.24, 2.45) is 5.92 Å². The molecule has 0 heteroatoms. The van der Waals surface area contributed by atoms with E-state index in [0.717, 1.165) is 5.92 Å². The van der Waals surface area contributed by atoms with Crippen LogP contribution in [0.25, 0.3) is 0 Å². The molecule has 0 saturated heterocycles. The lowest BCUT2D eigenvalue weighted by atomic mass is 10.0. The highest BCUT2D eigenvalue weighted by atomic mass is 14.0. The predicted molar refractivity (Wildman–Crippen MR) is 81.6 cm³/mol. The third kappa shape index (κ3) is 17.8. The molecule has 0 bridgehead atoms. The molecule has 1 aromatic carbocycles. The molecule has 17 heavy (non-hydrogen) atoms. The lowest BCUT2D eigenvalue weighted by molar-refractivity contribution is 0.737. The monoisotopic (exact) mass is 236 g/mol. The molecule has 0 atom stereocenters. The van der Waals surface area contributed by atoms with Gasteiger partial charge >= 0.3 is 0 Å². The zero-order valence-electron chi connectivity index (χ0n) is 13.0. The fraction of sp³-hybridized carbons (Fsp3) is 0.647. The first kappa shape index (κ1) is 18.6. The van der Waals surface area contributed by atoms with Gasteiger partial charge in [-0.2, -0.15) is 0 Å². The van der Waals surface area contributed by atoms with Crippen LogP contribution in [0.4, 0.5) is 0 Å². The Morgan fingerprint density at radius 3 is 1.29 bits per heavy atom. The van der Waals surface area contributed by atoms with Gasteiger partial charge in [0.1, 0.15) is 0 Å². The Bertz CT molecular complexity index is 216. The molecule has 1 aromatic rings. The first-order valence-corrected chi connectivity index (χ1v) is 7.00. The Morgan fingerprint density at radius 1 is 0.765 bits per heavy atom. The van der Waals surface area contributed by atoms with Crippen molar-refractivity contribution in [2.75, 3.05) is 0 Å². The maximum Gasteiger partial charge on any atom is -0.0219 e. The molecule has 0 amide bonds. The summed E-state index contributed by atoms with van der Waals surface area (Å²) < 4.78 is 0. The van der Waals surface area contributed by atoms with Crippen molar-refractivity contribution in [1.29, 1.82) is 0 Å². The van der Waals surface area contributed by atoms with Crippen molar-refractivity contribution in [3.63, 3.8) is 0 Å². The van der Waals surface area contributed by atoms with E-state index in [2.05, 4.69) is 72.7 Å². The molecule has 0 aliphatic rings. The Kier molecular flexibility index (Phi) is 14.5. The Morgan fingerprint density at radius 2 is 1.12 bits per heavy atom. The molecule has 0 heterocycles. The van der Waals surface area contributed by atoms with Gasteiger partial charge < -0.3 is 0 Å². The highest BCUT2D eigenvalue weighted by molar-refractivity contribution is 5.17. The molecule has 0 radical (unpaired) electrons. The van der Waals surface area contributed by atoms with Gasteiger partial charge in [0.15, 0.2) is 0 Å². The average molecular weight is 236 g/mol. The van der Waals surface area contributed by atoms with E-state index in [1.807, 2.05) is 6.07 Å². The molecule has 1 rings (SSSR count). The van der Waals surface area contributed by atoms with Gasteiger partial charge in [0.05, 0.1) is 0 Å². The average Bonchev–Trinajstić information content (AvgIpc) is 2.30. The van der Waals surface area contributed by atoms with E-state index in [1.165, 1.54) is 18.4 Å². The second-order valence-corrected chi connectivity index (χ2v) is 5.30. The summed E-state index contributed by atoms with van der Waals surface area (Å²) in [6.45, 7) is 15.3. The minimum atomic E-state index is 0.659. The smallest absolute Gasteiger partial charge is 0.0219 e. The first-order valence-electron chi connectivity index (χ1n) is 7.00. The number of benzene rings is 1. The van der Waals surface area contributed by atoms with Crippen LogP contribution < -0.4 is 0 Å². The second-order valence-electron chi connectivity index (χ2n) is 5.30. The zero-order valence-corrected chi connectivity index (χ0v) is 13.0.